The van der Waals surface area contributed by atoms with Gasteiger partial charge in [-0.1, -0.05) is 0 Å². The molecule has 9 nitrogen and oxygen atoms in total. The zero-order chi connectivity index (χ0) is 18.9. The van der Waals surface area contributed by atoms with Crippen molar-refractivity contribution in [1.29, 1.82) is 0 Å². The molecule has 9 heteroatoms. The van der Waals surface area contributed by atoms with E-state index in [4.69, 9.17) is 9.47 Å². The number of hydrogen-bond acceptors (Lipinski definition) is 5. The second-order valence-corrected chi connectivity index (χ2v) is 5.39. The summed E-state index contributed by atoms with van der Waals surface area (Å²) in [6.07, 6.45) is 0. The zero-order valence-electron chi connectivity index (χ0n) is 15.3. The van der Waals surface area contributed by atoms with E-state index in [1.807, 2.05) is 32.0 Å². The number of amides is 3. The number of rotatable bonds is 8. The highest BCUT2D eigenvalue weighted by atomic mass is 16.5. The van der Waals surface area contributed by atoms with Gasteiger partial charge in [-0.25, -0.2) is 4.79 Å². The van der Waals surface area contributed by atoms with Gasteiger partial charge in [0.25, 0.3) is 0 Å². The lowest BCUT2D eigenvalue weighted by Crippen LogP contribution is -2.35. The van der Waals surface area contributed by atoms with Crippen LogP contribution in [0, 0.1) is 0 Å². The minimum atomic E-state index is -0.376. The molecular formula is C17H25N5O4. The molecule has 0 radical (unpaired) electrons. The van der Waals surface area contributed by atoms with E-state index in [2.05, 4.69) is 20.9 Å². The highest BCUT2D eigenvalue weighted by molar-refractivity contribution is 6.02. The number of nitrogens with one attached hydrogen (secondary N) is 3. The van der Waals surface area contributed by atoms with Crippen LogP contribution in [-0.4, -0.2) is 62.7 Å². The summed E-state index contributed by atoms with van der Waals surface area (Å²) in [5, 5.41) is 8.77. The zero-order valence-corrected chi connectivity index (χ0v) is 15.3. The summed E-state index contributed by atoms with van der Waals surface area (Å²) in [4.78, 5) is 28.7. The monoisotopic (exact) mass is 363 g/mol. The normalized spacial score (nSPS) is 14.3. The number of guanidine groups is 1. The third-order valence-electron chi connectivity index (χ3n) is 3.60. The van der Waals surface area contributed by atoms with Gasteiger partial charge >= 0.3 is 6.03 Å². The van der Waals surface area contributed by atoms with Crippen molar-refractivity contribution in [1.82, 2.24) is 15.5 Å². The number of urea groups is 1. The number of hydrogen-bond donors (Lipinski definition) is 3. The maximum Gasteiger partial charge on any atom is 0.324 e. The molecule has 2 rings (SSSR count). The number of imide groups is 1. The Morgan fingerprint density at radius 1 is 1.31 bits per heavy atom. The van der Waals surface area contributed by atoms with Crippen molar-refractivity contribution >= 4 is 23.6 Å². The molecule has 1 saturated heterocycles. The van der Waals surface area contributed by atoms with Gasteiger partial charge in [-0.05, 0) is 26.0 Å². The van der Waals surface area contributed by atoms with Gasteiger partial charge in [0.2, 0.25) is 5.91 Å². The third kappa shape index (κ3) is 5.01. The molecular weight excluding hydrogens is 338 g/mol. The van der Waals surface area contributed by atoms with Gasteiger partial charge in [-0.15, -0.1) is 0 Å². The van der Waals surface area contributed by atoms with Crippen LogP contribution in [-0.2, 0) is 4.79 Å². The van der Waals surface area contributed by atoms with Crippen molar-refractivity contribution < 1.29 is 19.1 Å². The predicted molar refractivity (Wildman–Crippen MR) is 98.9 cm³/mol. The van der Waals surface area contributed by atoms with Crippen LogP contribution >= 0.6 is 0 Å². The van der Waals surface area contributed by atoms with Crippen LogP contribution in [0.4, 0.5) is 10.5 Å². The van der Waals surface area contributed by atoms with Crippen LogP contribution in [0.15, 0.2) is 23.2 Å². The highest BCUT2D eigenvalue weighted by Gasteiger charge is 2.27. The lowest BCUT2D eigenvalue weighted by atomic mass is 10.2. The van der Waals surface area contributed by atoms with Gasteiger partial charge in [0.15, 0.2) is 17.5 Å². The standard InChI is InChI=1S/C17H25N5O4/c1-4-18-16(19-8-9-22-15(23)11-20-17(22)24)21-12-6-7-13(26-5-2)14(10-12)25-3/h6-7,10H,4-5,8-9,11H2,1-3H3,(H,20,24)(H2,18,19,21). The Kier molecular flexibility index (Phi) is 7.07. The molecule has 0 saturated carbocycles. The second kappa shape index (κ2) is 9.50. The minimum absolute atomic E-state index is 0.0485. The van der Waals surface area contributed by atoms with Crippen LogP contribution in [0.3, 0.4) is 0 Å². The Morgan fingerprint density at radius 2 is 2.12 bits per heavy atom. The fraction of sp³-hybridized carbons (Fsp3) is 0.471. The lowest BCUT2D eigenvalue weighted by Gasteiger charge is -2.15. The molecule has 1 aliphatic rings. The predicted octanol–water partition coefficient (Wildman–Crippen LogP) is 1.02. The second-order valence-electron chi connectivity index (χ2n) is 5.39. The number of carbonyl (C=O) groups excluding carboxylic acids is 2. The summed E-state index contributed by atoms with van der Waals surface area (Å²) in [5.74, 6) is 1.60. The molecule has 0 spiro atoms. The smallest absolute Gasteiger partial charge is 0.324 e. The molecule has 0 bridgehead atoms. The summed E-state index contributed by atoms with van der Waals surface area (Å²) in [7, 11) is 1.58. The van der Waals surface area contributed by atoms with Gasteiger partial charge < -0.3 is 25.4 Å². The van der Waals surface area contributed by atoms with Crippen LogP contribution in [0.5, 0.6) is 11.5 Å². The van der Waals surface area contributed by atoms with Crippen molar-refractivity contribution in [3.05, 3.63) is 18.2 Å². The largest absolute Gasteiger partial charge is 0.493 e. The molecule has 1 aliphatic heterocycles. The molecule has 0 atom stereocenters. The topological polar surface area (TPSA) is 104 Å². The number of nitrogens with zero attached hydrogens (tertiary/aromatic N) is 2. The molecule has 26 heavy (non-hydrogen) atoms. The van der Waals surface area contributed by atoms with Crippen molar-refractivity contribution in [2.45, 2.75) is 13.8 Å². The summed E-state index contributed by atoms with van der Waals surface area (Å²) >= 11 is 0. The van der Waals surface area contributed by atoms with E-state index in [-0.39, 0.29) is 25.0 Å². The maximum absolute atomic E-state index is 11.6. The summed E-state index contributed by atoms with van der Waals surface area (Å²) < 4.78 is 10.8. The Morgan fingerprint density at radius 3 is 2.73 bits per heavy atom. The average molecular weight is 363 g/mol. The van der Waals surface area contributed by atoms with Crippen molar-refractivity contribution in [2.24, 2.45) is 4.99 Å². The Bertz CT molecular complexity index is 661. The van der Waals surface area contributed by atoms with Gasteiger partial charge in [0.1, 0.15) is 0 Å². The molecule has 1 aromatic carbocycles. The quantitative estimate of drug-likeness (QED) is 0.362. The first-order valence-corrected chi connectivity index (χ1v) is 8.53. The van der Waals surface area contributed by atoms with Crippen molar-refractivity contribution in [3.63, 3.8) is 0 Å². The Balaban J connectivity index is 2.02. The molecule has 0 unspecified atom stereocenters. The third-order valence-corrected chi connectivity index (χ3v) is 3.60. The summed E-state index contributed by atoms with van der Waals surface area (Å²) in [5.41, 5.74) is 0.778. The molecule has 0 aliphatic carbocycles. The van der Waals surface area contributed by atoms with E-state index in [0.717, 1.165) is 10.6 Å². The first-order chi connectivity index (χ1) is 12.6. The van der Waals surface area contributed by atoms with E-state index >= 15 is 0 Å². The summed E-state index contributed by atoms with van der Waals surface area (Å²) in [6, 6.07) is 5.12. The Hall–Kier alpha value is -2.97. The van der Waals surface area contributed by atoms with E-state index < -0.39 is 0 Å². The summed E-state index contributed by atoms with van der Waals surface area (Å²) in [6.45, 7) is 5.66. The maximum atomic E-state index is 11.6. The molecule has 1 heterocycles. The van der Waals surface area contributed by atoms with E-state index in [0.29, 0.717) is 37.2 Å². The number of methoxy groups -OCH3 is 1. The average Bonchev–Trinajstić information content (AvgIpc) is 2.95. The Labute approximate surface area is 152 Å². The van der Waals surface area contributed by atoms with Crippen LogP contribution in [0.25, 0.3) is 0 Å². The first-order valence-electron chi connectivity index (χ1n) is 8.53. The van der Waals surface area contributed by atoms with Crippen LogP contribution in [0.1, 0.15) is 13.8 Å². The number of ether oxygens (including phenoxy) is 2. The van der Waals surface area contributed by atoms with E-state index in [1.165, 1.54) is 0 Å². The molecule has 3 amide bonds. The number of aliphatic imine (C=N–C) groups is 1. The van der Waals surface area contributed by atoms with Crippen molar-refractivity contribution in [3.8, 4) is 11.5 Å². The van der Waals surface area contributed by atoms with Crippen molar-refractivity contribution in [2.75, 3.05) is 45.2 Å². The highest BCUT2D eigenvalue weighted by Crippen LogP contribution is 2.30. The minimum Gasteiger partial charge on any atom is -0.493 e. The van der Waals surface area contributed by atoms with Gasteiger partial charge in [0, 0.05) is 18.3 Å². The van der Waals surface area contributed by atoms with E-state index in [1.54, 1.807) is 7.11 Å². The molecule has 3 N–H and O–H groups in total. The van der Waals surface area contributed by atoms with Gasteiger partial charge in [-0.3, -0.25) is 14.7 Å². The van der Waals surface area contributed by atoms with Gasteiger partial charge in [-0.2, -0.15) is 0 Å². The SMILES string of the molecule is CCNC(=NCCN1C(=O)CNC1=O)Nc1ccc(OCC)c(OC)c1. The van der Waals surface area contributed by atoms with Crippen LogP contribution < -0.4 is 25.4 Å². The molecule has 0 aromatic heterocycles. The lowest BCUT2D eigenvalue weighted by molar-refractivity contribution is -0.124. The fourth-order valence-corrected chi connectivity index (χ4v) is 2.41. The number of benzene rings is 1. The van der Waals surface area contributed by atoms with Gasteiger partial charge in [0.05, 0.1) is 33.4 Å². The molecule has 142 valence electrons. The first kappa shape index (κ1) is 19.4. The molecule has 1 aromatic rings. The molecule has 1 fully saturated rings. The number of carbonyl (C=O) groups is 2. The van der Waals surface area contributed by atoms with Crippen LogP contribution in [0.2, 0.25) is 0 Å². The van der Waals surface area contributed by atoms with E-state index in [9.17, 15) is 9.59 Å². The fourth-order valence-electron chi connectivity index (χ4n) is 2.41. The number of anilines is 1.